The van der Waals surface area contributed by atoms with Crippen molar-refractivity contribution in [3.63, 3.8) is 0 Å². The number of carbonyl (C=O) groups excluding carboxylic acids is 1. The standard InChI is InChI=1S/C20H27N3O4S/c1-4-17-7-5-6-10-22(17)20(25)15(3)28(26,27)13-16-11-19(24)23-12-14(2)8-9-18(23)21-16/h8-9,11-12,15,17H,4-7,10,13H2,1-3H3. The van der Waals surface area contributed by atoms with E-state index in [2.05, 4.69) is 4.98 Å². The van der Waals surface area contributed by atoms with Gasteiger partial charge in [-0.3, -0.25) is 14.0 Å². The number of piperidine rings is 1. The zero-order valence-corrected chi connectivity index (χ0v) is 17.4. The first-order valence-corrected chi connectivity index (χ1v) is 11.5. The Hall–Kier alpha value is -2.22. The lowest BCUT2D eigenvalue weighted by molar-refractivity contribution is -0.134. The first-order chi connectivity index (χ1) is 13.2. The van der Waals surface area contributed by atoms with E-state index in [1.807, 2.05) is 19.9 Å². The molecule has 0 radical (unpaired) electrons. The van der Waals surface area contributed by atoms with Crippen LogP contribution in [-0.2, 0) is 20.4 Å². The van der Waals surface area contributed by atoms with Gasteiger partial charge < -0.3 is 4.90 Å². The Morgan fingerprint density at radius 3 is 2.79 bits per heavy atom. The zero-order valence-electron chi connectivity index (χ0n) is 16.6. The summed E-state index contributed by atoms with van der Waals surface area (Å²) >= 11 is 0. The molecule has 7 nitrogen and oxygen atoms in total. The molecule has 0 saturated carbocycles. The fourth-order valence-electron chi connectivity index (χ4n) is 3.77. The van der Waals surface area contributed by atoms with Crippen molar-refractivity contribution in [3.05, 3.63) is 46.0 Å². The van der Waals surface area contributed by atoms with Gasteiger partial charge in [-0.15, -0.1) is 0 Å². The second-order valence-electron chi connectivity index (χ2n) is 7.56. The van der Waals surface area contributed by atoms with Crippen LogP contribution in [0.3, 0.4) is 0 Å². The van der Waals surface area contributed by atoms with Gasteiger partial charge in [-0.1, -0.05) is 13.0 Å². The molecule has 2 aromatic rings. The molecule has 8 heteroatoms. The molecule has 1 amide bonds. The van der Waals surface area contributed by atoms with E-state index in [4.69, 9.17) is 0 Å². The first-order valence-electron chi connectivity index (χ1n) is 9.74. The summed E-state index contributed by atoms with van der Waals surface area (Å²) < 4.78 is 27.2. The smallest absolute Gasteiger partial charge is 0.258 e. The van der Waals surface area contributed by atoms with Crippen LogP contribution in [0.15, 0.2) is 29.2 Å². The summed E-state index contributed by atoms with van der Waals surface area (Å²) in [6, 6.07) is 4.83. The van der Waals surface area contributed by atoms with E-state index in [0.29, 0.717) is 12.2 Å². The van der Waals surface area contributed by atoms with Crippen molar-refractivity contribution >= 4 is 21.4 Å². The number of amides is 1. The molecule has 0 N–H and O–H groups in total. The van der Waals surface area contributed by atoms with Crippen LogP contribution in [0.1, 0.15) is 50.8 Å². The minimum Gasteiger partial charge on any atom is -0.339 e. The van der Waals surface area contributed by atoms with Crippen molar-refractivity contribution in [1.29, 1.82) is 0 Å². The quantitative estimate of drug-likeness (QED) is 0.760. The molecule has 2 unspecified atom stereocenters. The molecule has 28 heavy (non-hydrogen) atoms. The van der Waals surface area contributed by atoms with E-state index in [1.54, 1.807) is 17.2 Å². The molecule has 2 atom stereocenters. The highest BCUT2D eigenvalue weighted by atomic mass is 32.2. The van der Waals surface area contributed by atoms with Crippen LogP contribution in [0, 0.1) is 6.92 Å². The van der Waals surface area contributed by atoms with E-state index >= 15 is 0 Å². The third kappa shape index (κ3) is 4.11. The minimum absolute atomic E-state index is 0.102. The molecule has 1 aliphatic heterocycles. The summed E-state index contributed by atoms with van der Waals surface area (Å²) in [4.78, 5) is 31.2. The van der Waals surface area contributed by atoms with Gasteiger partial charge in [-0.25, -0.2) is 13.4 Å². The van der Waals surface area contributed by atoms with Gasteiger partial charge in [0, 0.05) is 24.8 Å². The average Bonchev–Trinajstić information content (AvgIpc) is 2.67. The summed E-state index contributed by atoms with van der Waals surface area (Å²) in [7, 11) is -3.79. The lowest BCUT2D eigenvalue weighted by atomic mass is 10.00. The highest BCUT2D eigenvalue weighted by molar-refractivity contribution is 7.92. The number of sulfone groups is 1. The summed E-state index contributed by atoms with van der Waals surface area (Å²) in [5.41, 5.74) is 1.13. The third-order valence-corrected chi connectivity index (χ3v) is 7.45. The Bertz CT molecular complexity index is 1050. The number of hydrogen-bond acceptors (Lipinski definition) is 5. The average molecular weight is 406 g/mol. The summed E-state index contributed by atoms with van der Waals surface area (Å²) in [6.07, 6.45) is 5.36. The van der Waals surface area contributed by atoms with Crippen LogP contribution in [0.5, 0.6) is 0 Å². The maximum atomic E-state index is 12.9. The van der Waals surface area contributed by atoms with Gasteiger partial charge in [-0.05, 0) is 51.2 Å². The topological polar surface area (TPSA) is 88.8 Å². The molecule has 0 bridgehead atoms. The number of likely N-dealkylation sites (tertiary alicyclic amines) is 1. The van der Waals surface area contributed by atoms with E-state index in [0.717, 1.165) is 31.2 Å². The fraction of sp³-hybridized carbons (Fsp3) is 0.550. The molecule has 2 aromatic heterocycles. The molecule has 0 aliphatic carbocycles. The highest BCUT2D eigenvalue weighted by Gasteiger charge is 2.35. The van der Waals surface area contributed by atoms with E-state index < -0.39 is 20.8 Å². The second kappa shape index (κ2) is 8.03. The molecule has 1 saturated heterocycles. The Labute approximate surface area is 165 Å². The van der Waals surface area contributed by atoms with Gasteiger partial charge in [0.1, 0.15) is 10.9 Å². The number of aromatic nitrogens is 2. The number of fused-ring (bicyclic) bond motifs is 1. The maximum absolute atomic E-state index is 12.9. The van der Waals surface area contributed by atoms with Gasteiger partial charge in [0.25, 0.3) is 5.56 Å². The molecular weight excluding hydrogens is 378 g/mol. The van der Waals surface area contributed by atoms with Crippen molar-refractivity contribution < 1.29 is 13.2 Å². The van der Waals surface area contributed by atoms with E-state index in [9.17, 15) is 18.0 Å². The Morgan fingerprint density at radius 1 is 1.32 bits per heavy atom. The van der Waals surface area contributed by atoms with Crippen molar-refractivity contribution in [2.45, 2.75) is 63.5 Å². The number of pyridine rings is 1. The lowest BCUT2D eigenvalue weighted by Gasteiger charge is -2.36. The molecule has 0 spiro atoms. The van der Waals surface area contributed by atoms with Crippen LogP contribution in [-0.4, -0.2) is 46.4 Å². The highest BCUT2D eigenvalue weighted by Crippen LogP contribution is 2.22. The second-order valence-corrected chi connectivity index (χ2v) is 9.88. The maximum Gasteiger partial charge on any atom is 0.258 e. The Balaban J connectivity index is 1.84. The van der Waals surface area contributed by atoms with Crippen LogP contribution in [0.4, 0.5) is 0 Å². The molecule has 1 aliphatic rings. The molecule has 3 heterocycles. The number of nitrogens with zero attached hydrogens (tertiary/aromatic N) is 3. The van der Waals surface area contributed by atoms with Crippen molar-refractivity contribution in [1.82, 2.24) is 14.3 Å². The van der Waals surface area contributed by atoms with Gasteiger partial charge in [-0.2, -0.15) is 0 Å². The Kier molecular flexibility index (Phi) is 5.88. The van der Waals surface area contributed by atoms with Crippen molar-refractivity contribution in [2.24, 2.45) is 0 Å². The molecule has 0 aromatic carbocycles. The molecular formula is C20H27N3O4S. The minimum atomic E-state index is -3.79. The number of aryl methyl sites for hydroxylation is 1. The predicted molar refractivity (Wildman–Crippen MR) is 108 cm³/mol. The number of hydrogen-bond donors (Lipinski definition) is 0. The summed E-state index contributed by atoms with van der Waals surface area (Å²) in [5.74, 6) is -0.774. The van der Waals surface area contributed by atoms with Gasteiger partial charge in [0.05, 0.1) is 11.4 Å². The normalized spacial score (nSPS) is 19.0. The largest absolute Gasteiger partial charge is 0.339 e. The summed E-state index contributed by atoms with van der Waals surface area (Å²) in [6.45, 7) is 5.92. The number of carbonyl (C=O) groups is 1. The predicted octanol–water partition coefficient (Wildman–Crippen LogP) is 2.10. The monoisotopic (exact) mass is 405 g/mol. The molecule has 152 valence electrons. The van der Waals surface area contributed by atoms with E-state index in [-0.39, 0.29) is 23.2 Å². The van der Waals surface area contributed by atoms with Crippen LogP contribution in [0.2, 0.25) is 0 Å². The van der Waals surface area contributed by atoms with Crippen molar-refractivity contribution in [2.75, 3.05) is 6.54 Å². The SMILES string of the molecule is CCC1CCCCN1C(=O)C(C)S(=O)(=O)Cc1cc(=O)n2cc(C)ccc2n1. The Morgan fingerprint density at radius 2 is 2.07 bits per heavy atom. The van der Waals surface area contributed by atoms with Crippen molar-refractivity contribution in [3.8, 4) is 0 Å². The van der Waals surface area contributed by atoms with Crippen LogP contribution < -0.4 is 5.56 Å². The molecule has 3 rings (SSSR count). The zero-order chi connectivity index (χ0) is 20.5. The number of rotatable bonds is 5. The van der Waals surface area contributed by atoms with Gasteiger partial charge in [0.2, 0.25) is 5.91 Å². The van der Waals surface area contributed by atoms with Gasteiger partial charge >= 0.3 is 0 Å². The van der Waals surface area contributed by atoms with Gasteiger partial charge in [0.15, 0.2) is 9.84 Å². The third-order valence-electron chi connectivity index (χ3n) is 5.48. The molecule has 1 fully saturated rings. The van der Waals surface area contributed by atoms with E-state index in [1.165, 1.54) is 17.4 Å². The summed E-state index contributed by atoms with van der Waals surface area (Å²) in [5, 5.41) is -1.15. The first kappa shape index (κ1) is 20.5. The van der Waals surface area contributed by atoms with Crippen LogP contribution >= 0.6 is 0 Å². The lowest BCUT2D eigenvalue weighted by Crippen LogP contribution is -2.49. The van der Waals surface area contributed by atoms with Crippen LogP contribution in [0.25, 0.3) is 5.65 Å². The fourth-order valence-corrected chi connectivity index (χ4v) is 5.02.